The van der Waals surface area contributed by atoms with Crippen molar-refractivity contribution in [2.75, 3.05) is 19.0 Å². The third-order valence-corrected chi connectivity index (χ3v) is 3.83. The lowest BCUT2D eigenvalue weighted by molar-refractivity contribution is 0.159. The van der Waals surface area contributed by atoms with Crippen molar-refractivity contribution in [3.63, 3.8) is 0 Å². The van der Waals surface area contributed by atoms with Gasteiger partial charge in [0.1, 0.15) is 17.5 Å². The van der Waals surface area contributed by atoms with Crippen LogP contribution in [0.5, 0.6) is 0 Å². The Hall–Kier alpha value is -2.71. The Morgan fingerprint density at radius 1 is 1.33 bits per heavy atom. The van der Waals surface area contributed by atoms with E-state index in [9.17, 15) is 4.79 Å². The van der Waals surface area contributed by atoms with Crippen molar-refractivity contribution < 1.29 is 13.9 Å². The lowest BCUT2D eigenvalue weighted by atomic mass is 10.1. The molecule has 2 heterocycles. The number of methoxy groups -OCH3 is 1. The fourth-order valence-electron chi connectivity index (χ4n) is 2.19. The molecule has 1 aromatic carbocycles. The summed E-state index contributed by atoms with van der Waals surface area (Å²) < 4.78 is 14.3. The fourth-order valence-corrected chi connectivity index (χ4v) is 2.66. The van der Waals surface area contributed by atoms with Gasteiger partial charge in [-0.1, -0.05) is 16.6 Å². The number of nitrogens with one attached hydrogen (secondary N) is 2. The number of benzene rings is 1. The van der Waals surface area contributed by atoms with E-state index < -0.39 is 0 Å². The van der Waals surface area contributed by atoms with Gasteiger partial charge in [-0.3, -0.25) is 0 Å². The van der Waals surface area contributed by atoms with Crippen LogP contribution in [0.2, 0.25) is 0 Å². The first-order valence-electron chi connectivity index (χ1n) is 7.23. The van der Waals surface area contributed by atoms with Gasteiger partial charge in [-0.15, -0.1) is 5.10 Å². The smallest absolute Gasteiger partial charge is 0.319 e. The molecule has 3 aromatic rings. The van der Waals surface area contributed by atoms with Crippen molar-refractivity contribution in [1.82, 2.24) is 14.9 Å². The topological polar surface area (TPSA) is 89.3 Å². The van der Waals surface area contributed by atoms with Gasteiger partial charge in [0.25, 0.3) is 0 Å². The van der Waals surface area contributed by atoms with Gasteiger partial charge >= 0.3 is 6.03 Å². The van der Waals surface area contributed by atoms with Crippen LogP contribution in [0.1, 0.15) is 11.8 Å². The number of carbonyl (C=O) groups is 1. The summed E-state index contributed by atoms with van der Waals surface area (Å²) in [7, 11) is 1.57. The molecule has 1 atom stereocenters. The van der Waals surface area contributed by atoms with Crippen LogP contribution in [0.15, 0.2) is 52.5 Å². The lowest BCUT2D eigenvalue weighted by Gasteiger charge is -2.16. The highest BCUT2D eigenvalue weighted by molar-refractivity contribution is 7.03. The molecule has 8 heteroatoms. The molecule has 124 valence electrons. The molecule has 0 aliphatic rings. The second-order valence-electron chi connectivity index (χ2n) is 4.99. The first-order chi connectivity index (χ1) is 11.8. The first-order valence-corrected chi connectivity index (χ1v) is 8.07. The number of hydrogen-bond acceptors (Lipinski definition) is 6. The summed E-state index contributed by atoms with van der Waals surface area (Å²) in [5.74, 6) is 0.637. The van der Waals surface area contributed by atoms with E-state index >= 15 is 0 Å². The Bertz CT molecular complexity index is 757. The van der Waals surface area contributed by atoms with Gasteiger partial charge in [0.2, 0.25) is 0 Å². The molecule has 0 aliphatic heterocycles. The lowest BCUT2D eigenvalue weighted by Crippen LogP contribution is -2.34. The quantitative estimate of drug-likeness (QED) is 0.716. The number of anilines is 1. The van der Waals surface area contributed by atoms with Crippen molar-refractivity contribution in [1.29, 1.82) is 0 Å². The number of carbonyl (C=O) groups excluding carboxylic acids is 1. The number of aromatic nitrogens is 2. The van der Waals surface area contributed by atoms with Gasteiger partial charge in [0, 0.05) is 23.7 Å². The predicted octanol–water partition coefficient (Wildman–Crippen LogP) is 3.31. The summed E-state index contributed by atoms with van der Waals surface area (Å²) in [5.41, 5.74) is 2.44. The Kier molecular flexibility index (Phi) is 5.19. The number of ether oxygens (including phenoxy) is 1. The van der Waals surface area contributed by atoms with Crippen LogP contribution in [-0.4, -0.2) is 29.3 Å². The van der Waals surface area contributed by atoms with Crippen LogP contribution in [0.3, 0.4) is 0 Å². The van der Waals surface area contributed by atoms with Crippen LogP contribution in [0.25, 0.3) is 11.3 Å². The van der Waals surface area contributed by atoms with E-state index in [1.165, 1.54) is 11.5 Å². The Morgan fingerprint density at radius 3 is 2.79 bits per heavy atom. The zero-order chi connectivity index (χ0) is 16.8. The number of rotatable bonds is 6. The standard InChI is InChI=1S/C16H16N4O3S/c1-22-9-13(15-3-2-8-23-15)18-16(21)17-12-6-4-11(5-7-12)14-10-24-20-19-14/h2-8,10,13H,9H2,1H3,(H2,17,18,21). The SMILES string of the molecule is COCC(NC(=O)Nc1ccc(-c2csnn2)cc1)c1ccco1. The summed E-state index contributed by atoms with van der Waals surface area (Å²) in [6.45, 7) is 0.316. The zero-order valence-electron chi connectivity index (χ0n) is 12.9. The molecular weight excluding hydrogens is 328 g/mol. The van der Waals surface area contributed by atoms with Crippen LogP contribution in [0.4, 0.5) is 10.5 Å². The van der Waals surface area contributed by atoms with E-state index in [1.807, 2.05) is 29.6 Å². The summed E-state index contributed by atoms with van der Waals surface area (Å²) in [5, 5.41) is 11.5. The number of amides is 2. The van der Waals surface area contributed by atoms with Gasteiger partial charge in [0.15, 0.2) is 0 Å². The van der Waals surface area contributed by atoms with Crippen LogP contribution in [0, 0.1) is 0 Å². The van der Waals surface area contributed by atoms with Crippen LogP contribution < -0.4 is 10.6 Å². The van der Waals surface area contributed by atoms with E-state index in [1.54, 1.807) is 25.5 Å². The minimum absolute atomic E-state index is 0.316. The van der Waals surface area contributed by atoms with Crippen molar-refractivity contribution >= 4 is 23.3 Å². The highest BCUT2D eigenvalue weighted by Gasteiger charge is 2.17. The highest BCUT2D eigenvalue weighted by atomic mass is 32.1. The van der Waals surface area contributed by atoms with Crippen LogP contribution >= 0.6 is 11.5 Å². The van der Waals surface area contributed by atoms with Crippen molar-refractivity contribution in [3.05, 3.63) is 53.8 Å². The van der Waals surface area contributed by atoms with Crippen LogP contribution in [-0.2, 0) is 4.74 Å². The van der Waals surface area contributed by atoms with Gasteiger partial charge in [-0.2, -0.15) is 0 Å². The zero-order valence-corrected chi connectivity index (χ0v) is 13.7. The summed E-state index contributed by atoms with van der Waals surface area (Å²) in [6, 6.07) is 10.3. The Labute approximate surface area is 142 Å². The largest absolute Gasteiger partial charge is 0.467 e. The van der Waals surface area contributed by atoms with E-state index in [2.05, 4.69) is 20.2 Å². The van der Waals surface area contributed by atoms with Crippen molar-refractivity contribution in [3.8, 4) is 11.3 Å². The molecule has 7 nitrogen and oxygen atoms in total. The summed E-state index contributed by atoms with van der Waals surface area (Å²) in [4.78, 5) is 12.2. The molecule has 0 saturated heterocycles. The minimum Gasteiger partial charge on any atom is -0.467 e. The molecule has 2 aromatic heterocycles. The number of furan rings is 1. The third kappa shape index (κ3) is 3.98. The molecule has 0 bridgehead atoms. The Balaban J connectivity index is 1.61. The molecule has 2 N–H and O–H groups in total. The average Bonchev–Trinajstić information content (AvgIpc) is 3.29. The molecule has 0 fully saturated rings. The maximum Gasteiger partial charge on any atom is 0.319 e. The second kappa shape index (κ2) is 7.71. The van der Waals surface area contributed by atoms with E-state index in [-0.39, 0.29) is 12.1 Å². The molecule has 0 aliphatic carbocycles. The summed E-state index contributed by atoms with van der Waals surface area (Å²) in [6.07, 6.45) is 1.56. The molecule has 0 spiro atoms. The number of hydrogen-bond donors (Lipinski definition) is 2. The molecule has 3 rings (SSSR count). The maximum atomic E-state index is 12.2. The highest BCUT2D eigenvalue weighted by Crippen LogP contribution is 2.20. The van der Waals surface area contributed by atoms with Gasteiger partial charge in [-0.25, -0.2) is 4.79 Å². The fraction of sp³-hybridized carbons (Fsp3) is 0.188. The predicted molar refractivity (Wildman–Crippen MR) is 90.8 cm³/mol. The molecule has 0 saturated carbocycles. The minimum atomic E-state index is -0.356. The Morgan fingerprint density at radius 2 is 2.17 bits per heavy atom. The van der Waals surface area contributed by atoms with E-state index in [0.29, 0.717) is 18.1 Å². The van der Waals surface area contributed by atoms with Gasteiger partial charge in [0.05, 0.1) is 12.9 Å². The van der Waals surface area contributed by atoms with Crippen molar-refractivity contribution in [2.24, 2.45) is 0 Å². The summed E-state index contributed by atoms with van der Waals surface area (Å²) >= 11 is 1.30. The monoisotopic (exact) mass is 344 g/mol. The maximum absolute atomic E-state index is 12.2. The van der Waals surface area contributed by atoms with E-state index in [0.717, 1.165) is 11.3 Å². The number of nitrogens with zero attached hydrogens (tertiary/aromatic N) is 2. The number of urea groups is 1. The van der Waals surface area contributed by atoms with Gasteiger partial charge < -0.3 is 19.8 Å². The molecule has 24 heavy (non-hydrogen) atoms. The van der Waals surface area contributed by atoms with Gasteiger partial charge in [-0.05, 0) is 35.8 Å². The first kappa shape index (κ1) is 16.2. The third-order valence-electron chi connectivity index (χ3n) is 3.32. The second-order valence-corrected chi connectivity index (χ2v) is 5.60. The molecular formula is C16H16N4O3S. The molecule has 0 radical (unpaired) electrons. The normalized spacial score (nSPS) is 11.9. The molecule has 2 amide bonds. The average molecular weight is 344 g/mol. The van der Waals surface area contributed by atoms with E-state index in [4.69, 9.17) is 9.15 Å². The van der Waals surface area contributed by atoms with Crippen molar-refractivity contribution in [2.45, 2.75) is 6.04 Å². The molecule has 1 unspecified atom stereocenters.